The van der Waals surface area contributed by atoms with Gasteiger partial charge in [-0.1, -0.05) is 24.3 Å². The van der Waals surface area contributed by atoms with Gasteiger partial charge >= 0.3 is 0 Å². The Hall–Kier alpha value is -3.11. The van der Waals surface area contributed by atoms with Crippen LogP contribution in [0.25, 0.3) is 0 Å². The van der Waals surface area contributed by atoms with Crippen molar-refractivity contribution in [2.45, 2.75) is 11.6 Å². The molecule has 6 nitrogen and oxygen atoms in total. The Labute approximate surface area is 170 Å². The van der Waals surface area contributed by atoms with Crippen LogP contribution in [-0.2, 0) is 10.3 Å². The van der Waals surface area contributed by atoms with Crippen LogP contribution >= 0.6 is 0 Å². The standard InChI is InChI=1S/C23H22N4O2/c24-15-18-4-1-5-19(14-18)22(27-10-12-29-13-11-27)23(28,20-6-2-8-25-16-20)21-7-3-9-26-17-21/h1-9,14,16-17,22,28H,10-13H2. The fourth-order valence-electron chi connectivity index (χ4n) is 3.99. The largest absolute Gasteiger partial charge is 0.379 e. The number of aromatic nitrogens is 2. The fourth-order valence-corrected chi connectivity index (χ4v) is 3.99. The second kappa shape index (κ2) is 8.50. The fraction of sp³-hybridized carbons (Fsp3) is 0.261. The molecule has 1 N–H and O–H groups in total. The zero-order chi connectivity index (χ0) is 20.1. The number of morpholine rings is 1. The van der Waals surface area contributed by atoms with Crippen LogP contribution < -0.4 is 0 Å². The van der Waals surface area contributed by atoms with Gasteiger partial charge in [-0.25, -0.2) is 0 Å². The number of hydrogen-bond acceptors (Lipinski definition) is 6. The first-order valence-corrected chi connectivity index (χ1v) is 9.58. The molecule has 1 unspecified atom stereocenters. The van der Waals surface area contributed by atoms with E-state index in [0.717, 1.165) is 5.56 Å². The number of nitrogens with zero attached hydrogens (tertiary/aromatic N) is 4. The summed E-state index contributed by atoms with van der Waals surface area (Å²) in [5.41, 5.74) is 1.36. The van der Waals surface area contributed by atoms with Crippen molar-refractivity contribution in [1.29, 1.82) is 5.26 Å². The third-order valence-corrected chi connectivity index (χ3v) is 5.34. The van der Waals surface area contributed by atoms with E-state index in [1.165, 1.54) is 0 Å². The van der Waals surface area contributed by atoms with Gasteiger partial charge in [-0.3, -0.25) is 14.9 Å². The van der Waals surface area contributed by atoms with Crippen LogP contribution in [0.5, 0.6) is 0 Å². The number of nitriles is 1. The minimum atomic E-state index is -1.41. The molecule has 0 bridgehead atoms. The Balaban J connectivity index is 1.94. The molecule has 1 aliphatic heterocycles. The molecular weight excluding hydrogens is 364 g/mol. The van der Waals surface area contributed by atoms with Crippen molar-refractivity contribution in [2.24, 2.45) is 0 Å². The summed E-state index contributed by atoms with van der Waals surface area (Å²) in [7, 11) is 0. The third kappa shape index (κ3) is 3.76. The molecule has 1 aromatic carbocycles. The molecule has 4 rings (SSSR count). The van der Waals surface area contributed by atoms with Crippen molar-refractivity contribution in [2.75, 3.05) is 26.3 Å². The van der Waals surface area contributed by atoms with E-state index in [2.05, 4.69) is 20.9 Å². The molecule has 0 aliphatic carbocycles. The zero-order valence-electron chi connectivity index (χ0n) is 16.0. The minimum Gasteiger partial charge on any atom is -0.379 e. The number of pyridine rings is 2. The van der Waals surface area contributed by atoms with Gasteiger partial charge in [0, 0.05) is 49.0 Å². The molecule has 146 valence electrons. The van der Waals surface area contributed by atoms with Crippen LogP contribution in [-0.4, -0.2) is 46.3 Å². The Morgan fingerprint density at radius 3 is 2.21 bits per heavy atom. The van der Waals surface area contributed by atoms with E-state index in [1.54, 1.807) is 30.9 Å². The van der Waals surface area contributed by atoms with E-state index in [-0.39, 0.29) is 0 Å². The predicted octanol–water partition coefficient (Wildman–Crippen LogP) is 2.66. The van der Waals surface area contributed by atoms with Crippen LogP contribution in [0.1, 0.15) is 28.3 Å². The van der Waals surface area contributed by atoms with Crippen LogP contribution in [0.3, 0.4) is 0 Å². The Kier molecular flexibility index (Phi) is 5.63. The van der Waals surface area contributed by atoms with Crippen molar-refractivity contribution >= 4 is 0 Å². The molecule has 0 amide bonds. The summed E-state index contributed by atoms with van der Waals surface area (Å²) in [5, 5.41) is 21.8. The normalized spacial score (nSPS) is 16.1. The molecule has 3 heterocycles. The van der Waals surface area contributed by atoms with Gasteiger partial charge in [0.05, 0.1) is 30.9 Å². The first-order valence-electron chi connectivity index (χ1n) is 9.58. The van der Waals surface area contributed by atoms with Crippen molar-refractivity contribution < 1.29 is 9.84 Å². The van der Waals surface area contributed by atoms with Gasteiger partial charge in [-0.05, 0) is 29.8 Å². The van der Waals surface area contributed by atoms with Crippen LogP contribution in [0.2, 0.25) is 0 Å². The first-order chi connectivity index (χ1) is 14.2. The molecule has 29 heavy (non-hydrogen) atoms. The summed E-state index contributed by atoms with van der Waals surface area (Å²) in [5.74, 6) is 0. The molecule has 1 fully saturated rings. The highest BCUT2D eigenvalue weighted by atomic mass is 16.5. The van der Waals surface area contributed by atoms with Crippen molar-refractivity contribution in [3.8, 4) is 6.07 Å². The van der Waals surface area contributed by atoms with Gasteiger partial charge in [0.15, 0.2) is 0 Å². The second-order valence-electron chi connectivity index (χ2n) is 7.04. The molecule has 1 saturated heterocycles. The number of ether oxygens (including phenoxy) is 1. The molecule has 2 aromatic heterocycles. The van der Waals surface area contributed by atoms with E-state index in [1.807, 2.05) is 42.5 Å². The quantitative estimate of drug-likeness (QED) is 0.726. The first kappa shape index (κ1) is 19.2. The highest BCUT2D eigenvalue weighted by Crippen LogP contribution is 2.44. The van der Waals surface area contributed by atoms with Crippen LogP contribution in [0, 0.1) is 11.3 Å². The number of hydrogen-bond donors (Lipinski definition) is 1. The Bertz CT molecular complexity index is 943. The van der Waals surface area contributed by atoms with Gasteiger partial charge in [0.2, 0.25) is 0 Å². The van der Waals surface area contributed by atoms with E-state index >= 15 is 0 Å². The van der Waals surface area contributed by atoms with Crippen LogP contribution in [0.15, 0.2) is 73.3 Å². The lowest BCUT2D eigenvalue weighted by Crippen LogP contribution is -2.49. The second-order valence-corrected chi connectivity index (χ2v) is 7.04. The van der Waals surface area contributed by atoms with Crippen LogP contribution in [0.4, 0.5) is 0 Å². The van der Waals surface area contributed by atoms with E-state index in [0.29, 0.717) is 43.0 Å². The highest BCUT2D eigenvalue weighted by molar-refractivity contribution is 5.42. The topological polar surface area (TPSA) is 82.3 Å². The summed E-state index contributed by atoms with van der Waals surface area (Å²) in [4.78, 5) is 10.7. The molecule has 1 atom stereocenters. The van der Waals surface area contributed by atoms with Gasteiger partial charge < -0.3 is 9.84 Å². The monoisotopic (exact) mass is 386 g/mol. The Morgan fingerprint density at radius 2 is 1.66 bits per heavy atom. The lowest BCUT2D eigenvalue weighted by molar-refractivity contribution is -0.0621. The van der Waals surface area contributed by atoms with Gasteiger partial charge in [0.1, 0.15) is 5.60 Å². The molecular formula is C23H22N4O2. The summed E-state index contributed by atoms with van der Waals surface area (Å²) >= 11 is 0. The Morgan fingerprint density at radius 1 is 1.00 bits per heavy atom. The van der Waals surface area contributed by atoms with E-state index in [4.69, 9.17) is 4.74 Å². The van der Waals surface area contributed by atoms with Crippen molar-refractivity contribution in [3.05, 3.63) is 95.6 Å². The molecule has 0 saturated carbocycles. The minimum absolute atomic E-state index is 0.437. The van der Waals surface area contributed by atoms with Gasteiger partial charge in [-0.15, -0.1) is 0 Å². The maximum Gasteiger partial charge on any atom is 0.137 e. The maximum atomic E-state index is 12.3. The molecule has 1 aliphatic rings. The average molecular weight is 386 g/mol. The van der Waals surface area contributed by atoms with Gasteiger partial charge in [-0.2, -0.15) is 5.26 Å². The lowest BCUT2D eigenvalue weighted by Gasteiger charge is -2.45. The van der Waals surface area contributed by atoms with E-state index in [9.17, 15) is 10.4 Å². The number of benzene rings is 1. The number of rotatable bonds is 5. The SMILES string of the molecule is N#Cc1cccc(C(N2CCOCC2)C(O)(c2cccnc2)c2cccnc2)c1. The summed E-state index contributed by atoms with van der Waals surface area (Å²) in [6.45, 7) is 2.52. The number of aliphatic hydroxyl groups is 1. The third-order valence-electron chi connectivity index (χ3n) is 5.34. The zero-order valence-corrected chi connectivity index (χ0v) is 16.0. The molecule has 3 aromatic rings. The molecule has 0 radical (unpaired) electrons. The highest BCUT2D eigenvalue weighted by Gasteiger charge is 2.45. The predicted molar refractivity (Wildman–Crippen MR) is 108 cm³/mol. The molecule has 6 heteroatoms. The summed E-state index contributed by atoms with van der Waals surface area (Å²) in [6, 6.07) is 16.6. The van der Waals surface area contributed by atoms with E-state index < -0.39 is 11.6 Å². The lowest BCUT2D eigenvalue weighted by atomic mass is 9.77. The average Bonchev–Trinajstić information content (AvgIpc) is 2.81. The van der Waals surface area contributed by atoms with Gasteiger partial charge in [0.25, 0.3) is 0 Å². The maximum absolute atomic E-state index is 12.3. The smallest absolute Gasteiger partial charge is 0.137 e. The van der Waals surface area contributed by atoms with Crippen molar-refractivity contribution in [3.63, 3.8) is 0 Å². The molecule has 0 spiro atoms. The van der Waals surface area contributed by atoms with Crippen molar-refractivity contribution in [1.82, 2.24) is 14.9 Å². The summed E-state index contributed by atoms with van der Waals surface area (Å²) in [6.07, 6.45) is 6.75. The summed E-state index contributed by atoms with van der Waals surface area (Å²) < 4.78 is 5.55.